The lowest BCUT2D eigenvalue weighted by atomic mass is 10.3. The van der Waals surface area contributed by atoms with E-state index in [9.17, 15) is 9.59 Å². The number of rotatable bonds is 5. The van der Waals surface area contributed by atoms with Crippen molar-refractivity contribution < 1.29 is 14.3 Å². The predicted molar refractivity (Wildman–Crippen MR) is 52.9 cm³/mol. The van der Waals surface area contributed by atoms with Crippen molar-refractivity contribution >= 4 is 17.5 Å². The van der Waals surface area contributed by atoms with Crippen molar-refractivity contribution in [1.82, 2.24) is 0 Å². The number of esters is 1. The molecular formula is C9H14N2O3. The lowest BCUT2D eigenvalue weighted by molar-refractivity contribution is -0.134. The van der Waals surface area contributed by atoms with Gasteiger partial charge in [0, 0.05) is 0 Å². The first-order valence-electron chi connectivity index (χ1n) is 4.21. The van der Waals surface area contributed by atoms with Crippen LogP contribution in [0.3, 0.4) is 0 Å². The van der Waals surface area contributed by atoms with Gasteiger partial charge < -0.3 is 10.5 Å². The third-order valence-corrected chi connectivity index (χ3v) is 1.21. The molecule has 0 aromatic rings. The van der Waals surface area contributed by atoms with Crippen LogP contribution in [0.15, 0.2) is 17.3 Å². The molecule has 78 valence electrons. The minimum Gasteiger partial charge on any atom is -0.461 e. The Balaban J connectivity index is 4.49. The van der Waals surface area contributed by atoms with Crippen LogP contribution in [0, 0.1) is 0 Å². The van der Waals surface area contributed by atoms with Crippen molar-refractivity contribution in [2.75, 3.05) is 13.2 Å². The molecule has 0 aliphatic carbocycles. The molecule has 0 saturated heterocycles. The smallest absolute Gasteiger partial charge is 0.356 e. The molecule has 14 heavy (non-hydrogen) atoms. The molecule has 0 spiro atoms. The highest BCUT2D eigenvalue weighted by molar-refractivity contribution is 6.41. The SMILES string of the molecule is CCOC(=O)C(/C=C\N)=NCC(C)=O. The number of aliphatic imine (C=N–C) groups is 1. The molecule has 5 nitrogen and oxygen atoms in total. The zero-order valence-corrected chi connectivity index (χ0v) is 8.32. The number of Topliss-reactive ketones (excluding diaryl/α,β-unsaturated/α-hetero) is 1. The molecule has 0 saturated carbocycles. The molecule has 0 heterocycles. The van der Waals surface area contributed by atoms with E-state index in [-0.39, 0.29) is 24.6 Å². The third-order valence-electron chi connectivity index (χ3n) is 1.21. The lowest BCUT2D eigenvalue weighted by Crippen LogP contribution is -2.17. The first kappa shape index (κ1) is 12.3. The van der Waals surface area contributed by atoms with Crippen LogP contribution in [0.1, 0.15) is 13.8 Å². The Morgan fingerprint density at radius 2 is 2.14 bits per heavy atom. The number of hydrogen-bond donors (Lipinski definition) is 1. The number of nitrogens with zero attached hydrogens (tertiary/aromatic N) is 1. The first-order chi connectivity index (χ1) is 6.61. The second-order valence-electron chi connectivity index (χ2n) is 2.48. The average molecular weight is 198 g/mol. The van der Waals surface area contributed by atoms with Crippen molar-refractivity contribution in [2.24, 2.45) is 10.7 Å². The van der Waals surface area contributed by atoms with Crippen molar-refractivity contribution in [2.45, 2.75) is 13.8 Å². The summed E-state index contributed by atoms with van der Waals surface area (Å²) in [6.07, 6.45) is 2.48. The average Bonchev–Trinajstić information content (AvgIpc) is 2.12. The van der Waals surface area contributed by atoms with E-state index in [4.69, 9.17) is 10.5 Å². The van der Waals surface area contributed by atoms with Gasteiger partial charge in [0.25, 0.3) is 0 Å². The summed E-state index contributed by atoms with van der Waals surface area (Å²) >= 11 is 0. The Hall–Kier alpha value is -1.65. The minimum atomic E-state index is -0.574. The van der Waals surface area contributed by atoms with Gasteiger partial charge in [0.15, 0.2) is 5.78 Å². The van der Waals surface area contributed by atoms with Gasteiger partial charge in [-0.1, -0.05) is 0 Å². The summed E-state index contributed by atoms with van der Waals surface area (Å²) in [6.45, 7) is 3.29. The van der Waals surface area contributed by atoms with Gasteiger partial charge in [-0.3, -0.25) is 9.79 Å². The van der Waals surface area contributed by atoms with E-state index < -0.39 is 5.97 Å². The molecular weight excluding hydrogens is 184 g/mol. The van der Waals surface area contributed by atoms with Crippen LogP contribution in [0.5, 0.6) is 0 Å². The third kappa shape index (κ3) is 5.08. The molecule has 0 aromatic carbocycles. The van der Waals surface area contributed by atoms with Crippen molar-refractivity contribution in [3.8, 4) is 0 Å². The molecule has 0 atom stereocenters. The van der Waals surface area contributed by atoms with Crippen LogP contribution in [-0.4, -0.2) is 30.6 Å². The van der Waals surface area contributed by atoms with Crippen molar-refractivity contribution in [3.05, 3.63) is 12.3 Å². The standard InChI is InChI=1S/C9H14N2O3/c1-3-14-9(13)8(4-5-10)11-6-7(2)12/h4-5H,3,6,10H2,1-2H3/b5-4-,11-8?. The highest BCUT2D eigenvalue weighted by Gasteiger charge is 2.08. The Kier molecular flexibility index (Phi) is 6.02. The molecule has 0 aliphatic rings. The van der Waals surface area contributed by atoms with E-state index in [1.165, 1.54) is 19.2 Å². The maximum Gasteiger partial charge on any atom is 0.356 e. The number of carbonyl (C=O) groups is 2. The van der Waals surface area contributed by atoms with Crippen LogP contribution >= 0.6 is 0 Å². The van der Waals surface area contributed by atoms with Gasteiger partial charge in [0.05, 0.1) is 13.2 Å². The van der Waals surface area contributed by atoms with Gasteiger partial charge in [-0.25, -0.2) is 4.79 Å². The Bertz CT molecular complexity index is 269. The number of ether oxygens (including phenoxy) is 1. The molecule has 0 aliphatic heterocycles. The van der Waals surface area contributed by atoms with Crippen molar-refractivity contribution in [1.29, 1.82) is 0 Å². The summed E-state index contributed by atoms with van der Waals surface area (Å²) < 4.78 is 4.70. The lowest BCUT2D eigenvalue weighted by Gasteiger charge is -2.00. The largest absolute Gasteiger partial charge is 0.461 e. The van der Waals surface area contributed by atoms with Crippen LogP contribution in [0.2, 0.25) is 0 Å². The molecule has 0 aromatic heterocycles. The molecule has 0 fully saturated rings. The van der Waals surface area contributed by atoms with Gasteiger partial charge in [-0.05, 0) is 26.1 Å². The molecule has 0 radical (unpaired) electrons. The van der Waals surface area contributed by atoms with Gasteiger partial charge in [-0.2, -0.15) is 0 Å². The summed E-state index contributed by atoms with van der Waals surface area (Å²) in [6, 6.07) is 0. The maximum atomic E-state index is 11.2. The predicted octanol–water partition coefficient (Wildman–Crippen LogP) is 0.0519. The Morgan fingerprint density at radius 1 is 1.50 bits per heavy atom. The molecule has 0 unspecified atom stereocenters. The van der Waals surface area contributed by atoms with Gasteiger partial charge >= 0.3 is 5.97 Å². The summed E-state index contributed by atoms with van der Waals surface area (Å²) in [5.41, 5.74) is 5.18. The summed E-state index contributed by atoms with van der Waals surface area (Å²) in [5.74, 6) is -0.701. The van der Waals surface area contributed by atoms with Gasteiger partial charge in [0.2, 0.25) is 0 Å². The highest BCUT2D eigenvalue weighted by Crippen LogP contribution is 1.88. The number of hydrogen-bond acceptors (Lipinski definition) is 5. The van der Waals surface area contributed by atoms with E-state index in [1.807, 2.05) is 0 Å². The van der Waals surface area contributed by atoms with E-state index in [2.05, 4.69) is 4.99 Å². The number of nitrogens with two attached hydrogens (primary N) is 1. The molecule has 5 heteroatoms. The monoisotopic (exact) mass is 198 g/mol. The fourth-order valence-electron chi connectivity index (χ4n) is 0.678. The zero-order valence-electron chi connectivity index (χ0n) is 8.32. The zero-order chi connectivity index (χ0) is 11.0. The fourth-order valence-corrected chi connectivity index (χ4v) is 0.678. The van der Waals surface area contributed by atoms with Crippen LogP contribution in [0.25, 0.3) is 0 Å². The van der Waals surface area contributed by atoms with Crippen LogP contribution < -0.4 is 5.73 Å². The summed E-state index contributed by atoms with van der Waals surface area (Å²) in [5, 5.41) is 0. The second kappa shape index (κ2) is 6.82. The summed E-state index contributed by atoms with van der Waals surface area (Å²) in [4.78, 5) is 25.6. The summed E-state index contributed by atoms with van der Waals surface area (Å²) in [7, 11) is 0. The minimum absolute atomic E-state index is 0.0432. The molecule has 0 amide bonds. The topological polar surface area (TPSA) is 81.8 Å². The second-order valence-corrected chi connectivity index (χ2v) is 2.48. The molecule has 0 bridgehead atoms. The number of carbonyl (C=O) groups excluding carboxylic acids is 2. The fraction of sp³-hybridized carbons (Fsp3) is 0.444. The van der Waals surface area contributed by atoms with E-state index >= 15 is 0 Å². The molecule has 2 N–H and O–H groups in total. The van der Waals surface area contributed by atoms with Crippen LogP contribution in [-0.2, 0) is 14.3 Å². The van der Waals surface area contributed by atoms with Gasteiger partial charge in [-0.15, -0.1) is 0 Å². The van der Waals surface area contributed by atoms with E-state index in [0.29, 0.717) is 0 Å². The van der Waals surface area contributed by atoms with E-state index in [0.717, 1.165) is 0 Å². The quantitative estimate of drug-likeness (QED) is 0.500. The van der Waals surface area contributed by atoms with Gasteiger partial charge in [0.1, 0.15) is 5.71 Å². The maximum absolute atomic E-state index is 11.2. The number of ketones is 1. The van der Waals surface area contributed by atoms with Crippen LogP contribution in [0.4, 0.5) is 0 Å². The highest BCUT2D eigenvalue weighted by atomic mass is 16.5. The van der Waals surface area contributed by atoms with Crippen molar-refractivity contribution in [3.63, 3.8) is 0 Å². The first-order valence-corrected chi connectivity index (χ1v) is 4.21. The molecule has 0 rings (SSSR count). The Morgan fingerprint density at radius 3 is 2.57 bits per heavy atom. The normalized spacial score (nSPS) is 11.7. The Labute approximate surface area is 82.6 Å². The van der Waals surface area contributed by atoms with E-state index in [1.54, 1.807) is 6.92 Å².